The van der Waals surface area contributed by atoms with Crippen LogP contribution in [0.5, 0.6) is 0 Å². The Balaban J connectivity index is 0.000000133. The van der Waals surface area contributed by atoms with Gasteiger partial charge in [-0.3, -0.25) is 0 Å². The van der Waals surface area contributed by atoms with Gasteiger partial charge in [-0.2, -0.15) is 0 Å². The van der Waals surface area contributed by atoms with Crippen LogP contribution < -0.4 is 0 Å². The van der Waals surface area contributed by atoms with Crippen molar-refractivity contribution in [3.05, 3.63) is 158 Å². The van der Waals surface area contributed by atoms with Gasteiger partial charge in [0.2, 0.25) is 0 Å². The maximum atomic E-state index is 5.35. The molecule has 6 rings (SSSR count). The Bertz CT molecular complexity index is 784. The number of allylic oxidation sites excluding steroid dienone is 8. The van der Waals surface area contributed by atoms with Crippen molar-refractivity contribution in [3.8, 4) is 0 Å². The van der Waals surface area contributed by atoms with Crippen molar-refractivity contribution in [2.45, 2.75) is 0 Å². The predicted molar refractivity (Wildman–Crippen MR) is 121 cm³/mol. The van der Waals surface area contributed by atoms with Gasteiger partial charge >= 0.3 is 37.9 Å². The van der Waals surface area contributed by atoms with Gasteiger partial charge in [0.25, 0.3) is 0 Å². The first-order chi connectivity index (χ1) is 15.3. The van der Waals surface area contributed by atoms with Crippen molar-refractivity contribution in [2.24, 2.45) is 0 Å². The van der Waals surface area contributed by atoms with Crippen molar-refractivity contribution in [3.63, 3.8) is 0 Å². The Morgan fingerprint density at radius 3 is 1.10 bits per heavy atom. The standard InChI is InChI=1S/2C13H9O.2ClH.Zr/c2*1-2-5-11-9-12(8-10(11)4-1)13-6-3-7-14-13;;;/h2*1-9H;2*1H;/q;;;;+4/p-2. The molecule has 31 heavy (non-hydrogen) atoms. The number of fused-ring (bicyclic) bond motifs is 2. The summed E-state index contributed by atoms with van der Waals surface area (Å²) in [6.45, 7) is 0. The molecule has 5 heteroatoms. The first kappa shape index (κ1) is 23.2. The Morgan fingerprint density at radius 2 is 0.839 bits per heavy atom. The van der Waals surface area contributed by atoms with Gasteiger partial charge in [0.05, 0.1) is 12.5 Å². The molecule has 0 saturated heterocycles. The van der Waals surface area contributed by atoms with Gasteiger partial charge in [0.1, 0.15) is 11.5 Å². The van der Waals surface area contributed by atoms with E-state index in [0.717, 1.165) is 23.4 Å². The summed E-state index contributed by atoms with van der Waals surface area (Å²) in [5, 5.41) is 0. The fourth-order valence-corrected chi connectivity index (χ4v) is 3.47. The van der Waals surface area contributed by atoms with Crippen molar-refractivity contribution < 1.29 is 29.7 Å². The van der Waals surface area contributed by atoms with Crippen molar-refractivity contribution in [2.75, 3.05) is 0 Å². The molecule has 0 amide bonds. The van der Waals surface area contributed by atoms with Crippen molar-refractivity contribution >= 4 is 17.0 Å². The molecule has 0 aliphatic heterocycles. The molecule has 2 aromatic rings. The molecular formula is C26H18Cl2O2Zr+2. The molecule has 2 saturated carbocycles. The third kappa shape index (κ3) is 6.07. The van der Waals surface area contributed by atoms with Crippen LogP contribution in [-0.2, 0) is 20.8 Å². The zero-order valence-corrected chi connectivity index (χ0v) is 20.4. The molecule has 150 valence electrons. The molecule has 0 spiro atoms. The van der Waals surface area contributed by atoms with Gasteiger partial charge in [-0.15, -0.1) is 0 Å². The minimum absolute atomic E-state index is 0.826. The topological polar surface area (TPSA) is 26.3 Å². The summed E-state index contributed by atoms with van der Waals surface area (Å²) < 4.78 is 10.7. The van der Waals surface area contributed by atoms with Crippen LogP contribution in [0.2, 0.25) is 0 Å². The molecule has 0 atom stereocenters. The van der Waals surface area contributed by atoms with Gasteiger partial charge in [0, 0.05) is 35.5 Å². The molecule has 2 aromatic heterocycles. The normalized spacial score (nSPS) is 21.2. The Morgan fingerprint density at radius 1 is 0.516 bits per heavy atom. The fraction of sp³-hybridized carbons (Fsp3) is 0. The summed E-state index contributed by atoms with van der Waals surface area (Å²) in [4.78, 5) is 0. The monoisotopic (exact) mass is 522 g/mol. The van der Waals surface area contributed by atoms with Gasteiger partial charge in [-0.1, -0.05) is 48.6 Å². The summed E-state index contributed by atoms with van der Waals surface area (Å²) in [5.74, 6) is 9.21. The first-order valence-electron chi connectivity index (χ1n) is 9.63. The minimum atomic E-state index is -0.826. The number of rotatable bonds is 2. The van der Waals surface area contributed by atoms with E-state index in [1.165, 1.54) is 23.7 Å². The number of hydrogen-bond acceptors (Lipinski definition) is 2. The molecule has 0 unspecified atom stereocenters. The molecule has 0 aromatic carbocycles. The number of hydrogen-bond donors (Lipinski definition) is 0. The Kier molecular flexibility index (Phi) is 8.76. The molecule has 4 aliphatic rings. The number of furan rings is 2. The van der Waals surface area contributed by atoms with Crippen LogP contribution in [0.1, 0.15) is 11.5 Å². The third-order valence-electron chi connectivity index (χ3n) is 4.85. The van der Waals surface area contributed by atoms with Crippen LogP contribution in [0.25, 0.3) is 0 Å². The second-order valence-electron chi connectivity index (χ2n) is 6.77. The molecule has 0 bridgehead atoms. The quantitative estimate of drug-likeness (QED) is 0.416. The first-order valence-corrected chi connectivity index (χ1v) is 16.0. The van der Waals surface area contributed by atoms with Crippen LogP contribution in [0.4, 0.5) is 0 Å². The SMILES string of the molecule is [CH]1[C]2C=CC=C[C]2[CH][C]1c1ccco1.[CH]1[C]2C=CC=C[C]2[CH][C]1c1ccco1.[Cl][Zr+2][Cl]. The number of halogens is 2. The van der Waals surface area contributed by atoms with Crippen molar-refractivity contribution in [1.29, 1.82) is 0 Å². The van der Waals surface area contributed by atoms with E-state index in [-0.39, 0.29) is 0 Å². The zero-order valence-electron chi connectivity index (χ0n) is 16.5. The Labute approximate surface area is 203 Å². The van der Waals surface area contributed by atoms with Crippen LogP contribution >= 0.6 is 17.0 Å². The van der Waals surface area contributed by atoms with Gasteiger partial charge in [0.15, 0.2) is 0 Å². The molecular weight excluding hydrogens is 506 g/mol. The summed E-state index contributed by atoms with van der Waals surface area (Å²) in [6.07, 6.45) is 28.6. The fourth-order valence-electron chi connectivity index (χ4n) is 3.47. The predicted octanol–water partition coefficient (Wildman–Crippen LogP) is 7.18. The average Bonchev–Trinajstić information content (AvgIpc) is 3.60. The molecule has 2 nitrogen and oxygen atoms in total. The summed E-state index contributed by atoms with van der Waals surface area (Å²) >= 11 is -0.826. The van der Waals surface area contributed by atoms with E-state index in [1.807, 2.05) is 48.6 Å². The van der Waals surface area contributed by atoms with Gasteiger partial charge < -0.3 is 8.83 Å². The average molecular weight is 525 g/mol. The molecule has 2 heterocycles. The molecule has 10 radical (unpaired) electrons. The van der Waals surface area contributed by atoms with E-state index >= 15 is 0 Å². The maximum absolute atomic E-state index is 5.35. The zero-order chi connectivity index (χ0) is 21.5. The summed E-state index contributed by atoms with van der Waals surface area (Å²) in [7, 11) is 9.87. The molecule has 2 fully saturated rings. The van der Waals surface area contributed by atoms with E-state index < -0.39 is 20.8 Å². The van der Waals surface area contributed by atoms with Crippen LogP contribution in [0, 0.1) is 61.2 Å². The van der Waals surface area contributed by atoms with E-state index in [2.05, 4.69) is 50.0 Å². The second-order valence-corrected chi connectivity index (χ2v) is 10.5. The third-order valence-corrected chi connectivity index (χ3v) is 4.85. The molecule has 4 aliphatic carbocycles. The summed E-state index contributed by atoms with van der Waals surface area (Å²) in [5.41, 5.74) is 0. The van der Waals surface area contributed by atoms with Crippen LogP contribution in [-0.4, -0.2) is 0 Å². The van der Waals surface area contributed by atoms with E-state index in [9.17, 15) is 0 Å². The van der Waals surface area contributed by atoms with E-state index in [4.69, 9.17) is 25.9 Å². The second kappa shape index (κ2) is 11.7. The van der Waals surface area contributed by atoms with E-state index in [1.54, 1.807) is 12.5 Å². The van der Waals surface area contributed by atoms with Crippen molar-refractivity contribution in [1.82, 2.24) is 0 Å². The van der Waals surface area contributed by atoms with Crippen LogP contribution in [0.3, 0.4) is 0 Å². The van der Waals surface area contributed by atoms with E-state index in [0.29, 0.717) is 0 Å². The van der Waals surface area contributed by atoms with Gasteiger partial charge in [-0.05, 0) is 49.9 Å². The van der Waals surface area contributed by atoms with Gasteiger partial charge in [-0.25, -0.2) is 0 Å². The summed E-state index contributed by atoms with van der Waals surface area (Å²) in [6, 6.07) is 7.78. The van der Waals surface area contributed by atoms with Crippen LogP contribution in [0.15, 0.2) is 94.2 Å². The Hall–Kier alpha value is -1.02. The molecule has 0 N–H and O–H groups in total.